The normalized spacial score (nSPS) is 28.7. The Morgan fingerprint density at radius 3 is 2.28 bits per heavy atom. The summed E-state index contributed by atoms with van der Waals surface area (Å²) >= 11 is 0. The minimum absolute atomic E-state index is 0.0112. The smallest absolute Gasteiger partial charge is 0.387 e. The second-order valence-corrected chi connectivity index (χ2v) is 10.0. The van der Waals surface area contributed by atoms with E-state index in [1.165, 1.54) is 24.3 Å². The number of benzene rings is 1. The predicted octanol–water partition coefficient (Wildman–Crippen LogP) is 2.99. The molecule has 3 saturated heterocycles. The summed E-state index contributed by atoms with van der Waals surface area (Å²) in [7, 11) is -3.66. The van der Waals surface area contributed by atoms with Crippen LogP contribution in [-0.4, -0.2) is 57.2 Å². The molecular weight excluding hydrogens is 402 g/mol. The van der Waals surface area contributed by atoms with Gasteiger partial charge in [0.2, 0.25) is 10.0 Å². The highest BCUT2D eigenvalue weighted by Gasteiger charge is 2.47. The fraction of sp³-hybridized carbons (Fsp3) is 0.700. The lowest BCUT2D eigenvalue weighted by Gasteiger charge is -2.39. The molecule has 3 aliphatic heterocycles. The molecule has 2 unspecified atom stereocenters. The number of hydrogen-bond acceptors (Lipinski definition) is 5. The summed E-state index contributed by atoms with van der Waals surface area (Å²) in [5.41, 5.74) is 0. The SMILES string of the molecule is O=S(=O)(c1ccc(OC(F)F)cc1)N1C2CC[C@H]1CC(NCC1CCOCC1)C2. The molecule has 0 saturated carbocycles. The number of alkyl halides is 2. The minimum Gasteiger partial charge on any atom is -0.435 e. The van der Waals surface area contributed by atoms with Crippen LogP contribution in [0.1, 0.15) is 38.5 Å². The van der Waals surface area contributed by atoms with Gasteiger partial charge in [-0.2, -0.15) is 13.1 Å². The number of hydrogen-bond donors (Lipinski definition) is 1. The lowest BCUT2D eigenvalue weighted by molar-refractivity contribution is -0.0498. The van der Waals surface area contributed by atoms with Crippen molar-refractivity contribution in [1.82, 2.24) is 9.62 Å². The van der Waals surface area contributed by atoms with Crippen LogP contribution in [0.4, 0.5) is 8.78 Å². The van der Waals surface area contributed by atoms with Crippen LogP contribution in [-0.2, 0) is 14.8 Å². The molecule has 3 atom stereocenters. The van der Waals surface area contributed by atoms with E-state index in [1.54, 1.807) is 4.31 Å². The number of ether oxygens (including phenoxy) is 2. The van der Waals surface area contributed by atoms with Gasteiger partial charge in [0.1, 0.15) is 5.75 Å². The molecule has 0 radical (unpaired) electrons. The van der Waals surface area contributed by atoms with Gasteiger partial charge in [-0.15, -0.1) is 0 Å². The lowest BCUT2D eigenvalue weighted by Crippen LogP contribution is -2.52. The molecule has 29 heavy (non-hydrogen) atoms. The van der Waals surface area contributed by atoms with Gasteiger partial charge in [-0.1, -0.05) is 0 Å². The van der Waals surface area contributed by atoms with Gasteiger partial charge >= 0.3 is 6.61 Å². The summed E-state index contributed by atoms with van der Waals surface area (Å²) in [5, 5.41) is 3.66. The Morgan fingerprint density at radius 1 is 1.07 bits per heavy atom. The standard InChI is InChI=1S/C20H28F2N2O4S/c21-20(22)28-18-3-5-19(6-4-18)29(25,26)24-16-1-2-17(24)12-15(11-16)23-13-14-7-9-27-10-8-14/h3-6,14-17,20,23H,1-2,7-13H2/t15?,16-,17?/m0/s1. The number of nitrogens with zero attached hydrogens (tertiary/aromatic N) is 1. The van der Waals surface area contributed by atoms with Gasteiger partial charge in [-0.3, -0.25) is 0 Å². The Bertz CT molecular complexity index is 770. The first-order chi connectivity index (χ1) is 13.9. The molecule has 3 aliphatic rings. The van der Waals surface area contributed by atoms with Crippen molar-refractivity contribution in [3.8, 4) is 5.75 Å². The highest BCUT2D eigenvalue weighted by Crippen LogP contribution is 2.40. The Hall–Kier alpha value is -1.29. The van der Waals surface area contributed by atoms with Gasteiger partial charge in [-0.25, -0.2) is 8.42 Å². The number of halogens is 2. The zero-order valence-corrected chi connectivity index (χ0v) is 17.1. The first-order valence-electron chi connectivity index (χ1n) is 10.3. The number of nitrogens with one attached hydrogen (secondary N) is 1. The van der Waals surface area contributed by atoms with E-state index in [0.29, 0.717) is 12.0 Å². The van der Waals surface area contributed by atoms with Crippen molar-refractivity contribution in [2.75, 3.05) is 19.8 Å². The number of piperidine rings is 1. The van der Waals surface area contributed by atoms with Crippen LogP contribution in [0.25, 0.3) is 0 Å². The largest absolute Gasteiger partial charge is 0.435 e. The molecule has 6 nitrogen and oxygen atoms in total. The van der Waals surface area contributed by atoms with Crippen LogP contribution in [0.2, 0.25) is 0 Å². The molecule has 0 aliphatic carbocycles. The highest BCUT2D eigenvalue weighted by molar-refractivity contribution is 7.89. The van der Waals surface area contributed by atoms with E-state index >= 15 is 0 Å². The van der Waals surface area contributed by atoms with Crippen LogP contribution >= 0.6 is 0 Å². The van der Waals surface area contributed by atoms with Crippen molar-refractivity contribution in [2.45, 2.75) is 68.2 Å². The first kappa shape index (κ1) is 21.0. The van der Waals surface area contributed by atoms with E-state index in [0.717, 1.165) is 58.3 Å². The fourth-order valence-corrected chi connectivity index (χ4v) is 6.78. The zero-order chi connectivity index (χ0) is 20.4. The van der Waals surface area contributed by atoms with Gasteiger partial charge in [-0.05, 0) is 75.3 Å². The molecule has 3 fully saturated rings. The molecule has 1 aromatic rings. The second kappa shape index (κ2) is 8.83. The minimum atomic E-state index is -3.66. The molecule has 3 heterocycles. The van der Waals surface area contributed by atoms with Gasteiger partial charge in [0, 0.05) is 31.3 Å². The highest BCUT2D eigenvalue weighted by atomic mass is 32.2. The van der Waals surface area contributed by atoms with Gasteiger partial charge < -0.3 is 14.8 Å². The Labute approximate surface area is 170 Å². The van der Waals surface area contributed by atoms with Crippen molar-refractivity contribution < 1.29 is 26.7 Å². The van der Waals surface area contributed by atoms with Crippen molar-refractivity contribution >= 4 is 10.0 Å². The van der Waals surface area contributed by atoms with E-state index in [-0.39, 0.29) is 22.7 Å². The van der Waals surface area contributed by atoms with Crippen LogP contribution in [0.5, 0.6) is 5.75 Å². The maximum absolute atomic E-state index is 13.2. The van der Waals surface area contributed by atoms with E-state index < -0.39 is 16.6 Å². The second-order valence-electron chi connectivity index (χ2n) is 8.20. The lowest BCUT2D eigenvalue weighted by atomic mass is 9.96. The van der Waals surface area contributed by atoms with Crippen LogP contribution < -0.4 is 10.1 Å². The quantitative estimate of drug-likeness (QED) is 0.720. The van der Waals surface area contributed by atoms with Crippen molar-refractivity contribution in [3.05, 3.63) is 24.3 Å². The monoisotopic (exact) mass is 430 g/mol. The van der Waals surface area contributed by atoms with Crippen LogP contribution in [0.3, 0.4) is 0 Å². The molecule has 0 amide bonds. The van der Waals surface area contributed by atoms with E-state index in [4.69, 9.17) is 4.74 Å². The maximum atomic E-state index is 13.2. The molecule has 0 spiro atoms. The third-order valence-electron chi connectivity index (χ3n) is 6.33. The summed E-state index contributed by atoms with van der Waals surface area (Å²) in [4.78, 5) is 0.129. The first-order valence-corrected chi connectivity index (χ1v) is 11.8. The zero-order valence-electron chi connectivity index (χ0n) is 16.3. The van der Waals surface area contributed by atoms with Crippen molar-refractivity contribution in [1.29, 1.82) is 0 Å². The molecule has 1 aromatic carbocycles. The molecule has 4 rings (SSSR count). The van der Waals surface area contributed by atoms with Crippen molar-refractivity contribution in [3.63, 3.8) is 0 Å². The van der Waals surface area contributed by atoms with Crippen LogP contribution in [0.15, 0.2) is 29.2 Å². The van der Waals surface area contributed by atoms with Gasteiger partial charge in [0.05, 0.1) is 4.90 Å². The predicted molar refractivity (Wildman–Crippen MR) is 103 cm³/mol. The van der Waals surface area contributed by atoms with Gasteiger partial charge in [0.15, 0.2) is 0 Å². The van der Waals surface area contributed by atoms with Crippen molar-refractivity contribution in [2.24, 2.45) is 5.92 Å². The molecule has 1 N–H and O–H groups in total. The Kier molecular flexibility index (Phi) is 6.38. The summed E-state index contributed by atoms with van der Waals surface area (Å²) in [6, 6.07) is 5.57. The molecular formula is C20H28F2N2O4S. The molecule has 9 heteroatoms. The number of sulfonamides is 1. The Morgan fingerprint density at radius 2 is 1.69 bits per heavy atom. The maximum Gasteiger partial charge on any atom is 0.387 e. The third kappa shape index (κ3) is 4.73. The summed E-state index contributed by atoms with van der Waals surface area (Å²) in [6.45, 7) is -0.308. The summed E-state index contributed by atoms with van der Waals surface area (Å²) < 4.78 is 62.4. The van der Waals surface area contributed by atoms with Crippen LogP contribution in [0, 0.1) is 5.92 Å². The topological polar surface area (TPSA) is 67.9 Å². The Balaban J connectivity index is 1.39. The summed E-state index contributed by atoms with van der Waals surface area (Å²) in [5.74, 6) is 0.593. The molecule has 162 valence electrons. The van der Waals surface area contributed by atoms with Gasteiger partial charge in [0.25, 0.3) is 0 Å². The van der Waals surface area contributed by atoms with E-state index in [2.05, 4.69) is 10.1 Å². The van der Waals surface area contributed by atoms with E-state index in [9.17, 15) is 17.2 Å². The van der Waals surface area contributed by atoms with E-state index in [1.807, 2.05) is 0 Å². The molecule has 0 aromatic heterocycles. The third-order valence-corrected chi connectivity index (χ3v) is 8.35. The average Bonchev–Trinajstić information content (AvgIpc) is 2.99. The molecule has 2 bridgehead atoms. The number of rotatable bonds is 7. The average molecular weight is 431 g/mol. The number of fused-ring (bicyclic) bond motifs is 2. The fourth-order valence-electron chi connectivity index (χ4n) is 4.89. The summed E-state index contributed by atoms with van der Waals surface area (Å²) in [6.07, 6.45) is 5.52.